The molecule has 0 atom stereocenters. The second-order valence-electron chi connectivity index (χ2n) is 3.75. The minimum Gasteiger partial charge on any atom is -0.320 e. The highest BCUT2D eigenvalue weighted by Crippen LogP contribution is 2.24. The van der Waals surface area contributed by atoms with Crippen LogP contribution in [0.15, 0.2) is 17.6 Å². The SMILES string of the molecule is O=C(Nc1cnns1)N1CCc2sccc2C1. The molecule has 2 amide bonds. The lowest BCUT2D eigenvalue weighted by Crippen LogP contribution is -2.38. The zero-order chi connectivity index (χ0) is 11.7. The number of rotatable bonds is 1. The molecule has 0 unspecified atom stereocenters. The summed E-state index contributed by atoms with van der Waals surface area (Å²) in [6, 6.07) is 2.01. The number of anilines is 1. The van der Waals surface area contributed by atoms with E-state index in [9.17, 15) is 4.79 Å². The molecular weight excluding hydrogens is 256 g/mol. The first kappa shape index (κ1) is 10.7. The molecule has 0 saturated carbocycles. The number of carbonyl (C=O) groups excluding carboxylic acids is 1. The Kier molecular flexibility index (Phi) is 2.77. The van der Waals surface area contributed by atoms with Crippen molar-refractivity contribution in [3.05, 3.63) is 28.1 Å². The monoisotopic (exact) mass is 266 g/mol. The van der Waals surface area contributed by atoms with Crippen molar-refractivity contribution in [2.45, 2.75) is 13.0 Å². The molecule has 5 nitrogen and oxygen atoms in total. The summed E-state index contributed by atoms with van der Waals surface area (Å²) in [5.41, 5.74) is 1.26. The fraction of sp³-hybridized carbons (Fsp3) is 0.300. The number of hydrogen-bond donors (Lipinski definition) is 1. The Morgan fingerprint density at radius 2 is 2.47 bits per heavy atom. The third kappa shape index (κ3) is 2.16. The highest BCUT2D eigenvalue weighted by Gasteiger charge is 2.21. The molecule has 17 heavy (non-hydrogen) atoms. The molecule has 0 aromatic carbocycles. The second kappa shape index (κ2) is 4.42. The summed E-state index contributed by atoms with van der Waals surface area (Å²) >= 11 is 2.95. The van der Waals surface area contributed by atoms with Gasteiger partial charge in [0.15, 0.2) is 0 Å². The van der Waals surface area contributed by atoms with Crippen molar-refractivity contribution in [3.63, 3.8) is 0 Å². The number of thiophene rings is 1. The van der Waals surface area contributed by atoms with Crippen LogP contribution in [-0.2, 0) is 13.0 Å². The molecular formula is C10H10N4OS2. The lowest BCUT2D eigenvalue weighted by Gasteiger charge is -2.26. The van der Waals surface area contributed by atoms with Gasteiger partial charge in [-0.15, -0.1) is 16.4 Å². The fourth-order valence-electron chi connectivity index (χ4n) is 1.83. The van der Waals surface area contributed by atoms with Crippen molar-refractivity contribution < 1.29 is 4.79 Å². The van der Waals surface area contributed by atoms with Crippen molar-refractivity contribution in [3.8, 4) is 0 Å². The largest absolute Gasteiger partial charge is 0.322 e. The van der Waals surface area contributed by atoms with Gasteiger partial charge in [0.2, 0.25) is 0 Å². The average Bonchev–Trinajstić information content (AvgIpc) is 2.97. The molecule has 88 valence electrons. The number of urea groups is 1. The highest BCUT2D eigenvalue weighted by molar-refractivity contribution is 7.10. The zero-order valence-electron chi connectivity index (χ0n) is 8.92. The summed E-state index contributed by atoms with van der Waals surface area (Å²) in [5.74, 6) is 0. The number of fused-ring (bicyclic) bond motifs is 1. The predicted octanol–water partition coefficient (Wildman–Crippen LogP) is 2.19. The van der Waals surface area contributed by atoms with E-state index in [2.05, 4.69) is 26.4 Å². The van der Waals surface area contributed by atoms with Crippen molar-refractivity contribution in [2.24, 2.45) is 0 Å². The third-order valence-corrected chi connectivity index (χ3v) is 4.29. The smallest absolute Gasteiger partial charge is 0.320 e. The van der Waals surface area contributed by atoms with Gasteiger partial charge in [0, 0.05) is 29.5 Å². The fourth-order valence-corrected chi connectivity index (χ4v) is 3.13. The maximum absolute atomic E-state index is 12.0. The van der Waals surface area contributed by atoms with Gasteiger partial charge in [-0.3, -0.25) is 5.32 Å². The summed E-state index contributed by atoms with van der Waals surface area (Å²) < 4.78 is 3.71. The van der Waals surface area contributed by atoms with Crippen LogP contribution in [0.25, 0.3) is 0 Å². The van der Waals surface area contributed by atoms with Crippen LogP contribution in [0.2, 0.25) is 0 Å². The summed E-state index contributed by atoms with van der Waals surface area (Å²) in [6.45, 7) is 1.46. The first-order valence-electron chi connectivity index (χ1n) is 5.21. The molecule has 1 N–H and O–H groups in total. The molecule has 1 aliphatic rings. The quantitative estimate of drug-likeness (QED) is 0.860. The Hall–Kier alpha value is -1.47. The van der Waals surface area contributed by atoms with E-state index in [4.69, 9.17) is 0 Å². The van der Waals surface area contributed by atoms with E-state index in [1.165, 1.54) is 22.0 Å². The van der Waals surface area contributed by atoms with Crippen LogP contribution in [0.4, 0.5) is 9.80 Å². The van der Waals surface area contributed by atoms with Crippen LogP contribution < -0.4 is 5.32 Å². The summed E-state index contributed by atoms with van der Waals surface area (Å²) in [7, 11) is 0. The molecule has 7 heteroatoms. The van der Waals surface area contributed by atoms with E-state index in [-0.39, 0.29) is 6.03 Å². The molecule has 0 bridgehead atoms. The Labute approximate surface area is 106 Å². The van der Waals surface area contributed by atoms with E-state index in [0.29, 0.717) is 11.5 Å². The van der Waals surface area contributed by atoms with Gasteiger partial charge in [-0.1, -0.05) is 4.49 Å². The van der Waals surface area contributed by atoms with E-state index in [0.717, 1.165) is 13.0 Å². The minimum atomic E-state index is -0.0760. The molecule has 0 spiro atoms. The number of aromatic nitrogens is 2. The molecule has 0 aliphatic carbocycles. The number of nitrogens with zero attached hydrogens (tertiary/aromatic N) is 3. The number of nitrogens with one attached hydrogen (secondary N) is 1. The van der Waals surface area contributed by atoms with Crippen molar-refractivity contribution in [2.75, 3.05) is 11.9 Å². The zero-order valence-corrected chi connectivity index (χ0v) is 10.6. The van der Waals surface area contributed by atoms with Crippen LogP contribution in [0.3, 0.4) is 0 Å². The van der Waals surface area contributed by atoms with Gasteiger partial charge in [0.1, 0.15) is 5.00 Å². The molecule has 2 aromatic heterocycles. The Morgan fingerprint density at radius 3 is 3.29 bits per heavy atom. The Morgan fingerprint density at radius 1 is 1.53 bits per heavy atom. The van der Waals surface area contributed by atoms with Crippen LogP contribution in [0, 0.1) is 0 Å². The van der Waals surface area contributed by atoms with Crippen molar-refractivity contribution in [1.29, 1.82) is 0 Å². The first-order valence-corrected chi connectivity index (χ1v) is 6.87. The molecule has 3 rings (SSSR count). The van der Waals surface area contributed by atoms with Crippen LogP contribution in [0.1, 0.15) is 10.4 Å². The Bertz CT molecular complexity index is 522. The molecule has 3 heterocycles. The maximum Gasteiger partial charge on any atom is 0.322 e. The number of hydrogen-bond acceptors (Lipinski definition) is 5. The van der Waals surface area contributed by atoms with Crippen molar-refractivity contribution >= 4 is 33.9 Å². The maximum atomic E-state index is 12.0. The van der Waals surface area contributed by atoms with E-state index in [1.807, 2.05) is 4.90 Å². The van der Waals surface area contributed by atoms with Crippen LogP contribution in [0.5, 0.6) is 0 Å². The minimum absolute atomic E-state index is 0.0760. The number of carbonyl (C=O) groups is 1. The second-order valence-corrected chi connectivity index (χ2v) is 5.54. The topological polar surface area (TPSA) is 58.1 Å². The number of amides is 2. The van der Waals surface area contributed by atoms with Crippen LogP contribution in [-0.4, -0.2) is 27.1 Å². The lowest BCUT2D eigenvalue weighted by atomic mass is 10.1. The summed E-state index contributed by atoms with van der Waals surface area (Å²) in [5, 5.41) is 9.25. The highest BCUT2D eigenvalue weighted by atomic mass is 32.1. The van der Waals surface area contributed by atoms with Crippen molar-refractivity contribution in [1.82, 2.24) is 14.5 Å². The van der Waals surface area contributed by atoms with Crippen LogP contribution >= 0.6 is 22.9 Å². The summed E-state index contributed by atoms with van der Waals surface area (Å²) in [4.78, 5) is 15.2. The molecule has 0 radical (unpaired) electrons. The normalized spacial score (nSPS) is 14.5. The standard InChI is InChI=1S/C10H10N4OS2/c15-10(12-9-5-11-13-17-9)14-3-1-8-7(6-14)2-4-16-8/h2,4-5H,1,3,6H2,(H,12,15). The molecule has 2 aromatic rings. The van der Waals surface area contributed by atoms with Gasteiger partial charge in [0.25, 0.3) is 0 Å². The van der Waals surface area contributed by atoms with Gasteiger partial charge < -0.3 is 4.90 Å². The third-order valence-electron chi connectivity index (χ3n) is 2.69. The van der Waals surface area contributed by atoms with E-state index < -0.39 is 0 Å². The Balaban J connectivity index is 1.68. The first-order chi connectivity index (χ1) is 8.33. The van der Waals surface area contributed by atoms with Gasteiger partial charge >= 0.3 is 6.03 Å². The molecule has 0 saturated heterocycles. The average molecular weight is 266 g/mol. The van der Waals surface area contributed by atoms with Gasteiger partial charge in [-0.2, -0.15) is 0 Å². The summed E-state index contributed by atoms with van der Waals surface area (Å²) in [6.07, 6.45) is 2.50. The van der Waals surface area contributed by atoms with E-state index >= 15 is 0 Å². The van der Waals surface area contributed by atoms with Gasteiger partial charge in [0.05, 0.1) is 6.20 Å². The molecule has 0 fully saturated rings. The van der Waals surface area contributed by atoms with Gasteiger partial charge in [-0.25, -0.2) is 4.79 Å². The molecule has 1 aliphatic heterocycles. The van der Waals surface area contributed by atoms with E-state index in [1.54, 1.807) is 17.5 Å². The predicted molar refractivity (Wildman–Crippen MR) is 67.4 cm³/mol. The van der Waals surface area contributed by atoms with Gasteiger partial charge in [-0.05, 0) is 23.4 Å². The lowest BCUT2D eigenvalue weighted by molar-refractivity contribution is 0.207.